The molecule has 4 heterocycles. The quantitative estimate of drug-likeness (QED) is 0.337. The van der Waals surface area contributed by atoms with E-state index in [1.54, 1.807) is 6.20 Å². The summed E-state index contributed by atoms with van der Waals surface area (Å²) in [7, 11) is 0. The van der Waals surface area contributed by atoms with E-state index in [1.165, 1.54) is 19.3 Å². The molecule has 2 unspecified atom stereocenters. The molecule has 2 atom stereocenters. The number of aromatic nitrogens is 3. The van der Waals surface area contributed by atoms with Crippen molar-refractivity contribution in [2.24, 2.45) is 17.8 Å². The van der Waals surface area contributed by atoms with Crippen LogP contribution in [0.3, 0.4) is 0 Å². The van der Waals surface area contributed by atoms with E-state index in [2.05, 4.69) is 14.9 Å². The number of ether oxygens (including phenoxy) is 2. The Morgan fingerprint density at radius 2 is 1.83 bits per heavy atom. The molecule has 184 valence electrons. The number of piperidine rings is 1. The summed E-state index contributed by atoms with van der Waals surface area (Å²) in [6.45, 7) is 3.62. The first-order valence-corrected chi connectivity index (χ1v) is 13.0. The van der Waals surface area contributed by atoms with Crippen molar-refractivity contribution in [1.29, 1.82) is 0 Å². The molecule has 36 heavy (non-hydrogen) atoms. The van der Waals surface area contributed by atoms with Crippen LogP contribution in [0.1, 0.15) is 19.3 Å². The lowest BCUT2D eigenvalue weighted by Crippen LogP contribution is -2.37. The molecule has 0 radical (unpaired) electrons. The fraction of sp³-hybridized carbons (Fsp3) is 0.393. The Morgan fingerprint density at radius 3 is 2.58 bits per heavy atom. The molecule has 2 aromatic carbocycles. The van der Waals surface area contributed by atoms with Gasteiger partial charge in [0.15, 0.2) is 5.82 Å². The summed E-state index contributed by atoms with van der Waals surface area (Å²) >= 11 is 6.55. The largest absolute Gasteiger partial charge is 0.463 e. The third-order valence-electron chi connectivity index (χ3n) is 7.81. The Labute approximate surface area is 213 Å². The molecule has 0 amide bonds. The maximum Gasteiger partial charge on any atom is 0.319 e. The SMILES string of the molecule is Fc1c(-c2cccc3cccc(Cl)c23)ncc2c(N3CC4CCC(C4)C3)nc(OCC3COC3)nc12. The lowest BCUT2D eigenvalue weighted by molar-refractivity contribution is -0.0520. The molecular weight excluding hydrogens is 479 g/mol. The minimum atomic E-state index is -0.486. The van der Waals surface area contributed by atoms with Crippen molar-refractivity contribution >= 4 is 39.1 Å². The number of benzene rings is 2. The molecule has 0 spiro atoms. The maximum atomic E-state index is 16.3. The van der Waals surface area contributed by atoms with Gasteiger partial charge in [0.25, 0.3) is 0 Å². The number of halogens is 2. The normalized spacial score (nSPS) is 21.8. The summed E-state index contributed by atoms with van der Waals surface area (Å²) in [5.41, 5.74) is 1.09. The minimum Gasteiger partial charge on any atom is -0.463 e. The van der Waals surface area contributed by atoms with Gasteiger partial charge in [-0.3, -0.25) is 4.98 Å². The Bertz CT molecular complexity index is 1460. The molecule has 2 saturated heterocycles. The summed E-state index contributed by atoms with van der Waals surface area (Å²) < 4.78 is 27.5. The van der Waals surface area contributed by atoms with Gasteiger partial charge < -0.3 is 14.4 Å². The number of rotatable bonds is 5. The number of anilines is 1. The van der Waals surface area contributed by atoms with E-state index in [9.17, 15) is 0 Å². The molecule has 7 rings (SSSR count). The zero-order valence-corrected chi connectivity index (χ0v) is 20.5. The van der Waals surface area contributed by atoms with E-state index in [4.69, 9.17) is 26.1 Å². The highest BCUT2D eigenvalue weighted by Crippen LogP contribution is 2.41. The number of hydrogen-bond acceptors (Lipinski definition) is 6. The summed E-state index contributed by atoms with van der Waals surface area (Å²) in [5, 5.41) is 2.88. The Balaban J connectivity index is 1.38. The third-order valence-corrected chi connectivity index (χ3v) is 8.13. The molecule has 2 bridgehead atoms. The van der Waals surface area contributed by atoms with Crippen molar-refractivity contribution in [2.45, 2.75) is 19.3 Å². The second-order valence-corrected chi connectivity index (χ2v) is 10.7. The number of nitrogens with zero attached hydrogens (tertiary/aromatic N) is 4. The van der Waals surface area contributed by atoms with Crippen LogP contribution in [-0.2, 0) is 4.74 Å². The average Bonchev–Trinajstić information content (AvgIpc) is 3.20. The second kappa shape index (κ2) is 8.82. The van der Waals surface area contributed by atoms with E-state index < -0.39 is 5.82 Å². The molecule has 8 heteroatoms. The van der Waals surface area contributed by atoms with E-state index in [-0.39, 0.29) is 17.2 Å². The lowest BCUT2D eigenvalue weighted by atomic mass is 9.98. The Morgan fingerprint density at radius 1 is 1.06 bits per heavy atom. The van der Waals surface area contributed by atoms with Crippen molar-refractivity contribution in [3.05, 3.63) is 53.4 Å². The first kappa shape index (κ1) is 22.2. The monoisotopic (exact) mass is 504 g/mol. The summed E-state index contributed by atoms with van der Waals surface area (Å²) in [5.74, 6) is 1.85. The molecule has 3 aliphatic rings. The lowest BCUT2D eigenvalue weighted by Gasteiger charge is -2.33. The van der Waals surface area contributed by atoms with E-state index in [0.717, 1.165) is 23.9 Å². The van der Waals surface area contributed by atoms with Crippen molar-refractivity contribution in [2.75, 3.05) is 37.8 Å². The van der Waals surface area contributed by atoms with Gasteiger partial charge in [-0.1, -0.05) is 41.9 Å². The molecule has 6 nitrogen and oxygen atoms in total. The number of hydrogen-bond donors (Lipinski definition) is 0. The van der Waals surface area contributed by atoms with E-state index in [0.29, 0.717) is 59.4 Å². The molecule has 2 aromatic heterocycles. The van der Waals surface area contributed by atoms with Crippen molar-refractivity contribution in [1.82, 2.24) is 15.0 Å². The van der Waals surface area contributed by atoms with Crippen LogP contribution in [0, 0.1) is 23.6 Å². The molecular formula is C28H26ClFN4O2. The van der Waals surface area contributed by atoms with Crippen LogP contribution in [0.5, 0.6) is 6.01 Å². The summed E-state index contributed by atoms with van der Waals surface area (Å²) in [6.07, 6.45) is 5.46. The van der Waals surface area contributed by atoms with E-state index >= 15 is 4.39 Å². The van der Waals surface area contributed by atoms with Gasteiger partial charge in [0.05, 0.1) is 25.2 Å². The van der Waals surface area contributed by atoms with Crippen LogP contribution in [0.25, 0.3) is 32.9 Å². The Hall–Kier alpha value is -3.03. The predicted molar refractivity (Wildman–Crippen MR) is 138 cm³/mol. The second-order valence-electron chi connectivity index (χ2n) is 10.3. The van der Waals surface area contributed by atoms with Crippen LogP contribution in [0.15, 0.2) is 42.6 Å². The Kier molecular flexibility index (Phi) is 5.44. The predicted octanol–water partition coefficient (Wildman–Crippen LogP) is 5.90. The summed E-state index contributed by atoms with van der Waals surface area (Å²) in [4.78, 5) is 16.2. The average molecular weight is 505 g/mol. The van der Waals surface area contributed by atoms with Crippen LogP contribution in [-0.4, -0.2) is 47.9 Å². The highest BCUT2D eigenvalue weighted by molar-refractivity contribution is 6.36. The topological polar surface area (TPSA) is 60.4 Å². The third kappa shape index (κ3) is 3.76. The molecule has 2 aliphatic heterocycles. The van der Waals surface area contributed by atoms with Crippen LogP contribution >= 0.6 is 11.6 Å². The molecule has 1 saturated carbocycles. The number of pyridine rings is 1. The van der Waals surface area contributed by atoms with Crippen LogP contribution in [0.2, 0.25) is 5.02 Å². The fourth-order valence-corrected chi connectivity index (χ4v) is 6.25. The van der Waals surface area contributed by atoms with Crippen molar-refractivity contribution in [3.63, 3.8) is 0 Å². The van der Waals surface area contributed by atoms with Crippen LogP contribution < -0.4 is 9.64 Å². The van der Waals surface area contributed by atoms with Gasteiger partial charge in [-0.2, -0.15) is 9.97 Å². The maximum absolute atomic E-state index is 16.3. The van der Waals surface area contributed by atoms with Crippen molar-refractivity contribution < 1.29 is 13.9 Å². The summed E-state index contributed by atoms with van der Waals surface area (Å²) in [6, 6.07) is 11.6. The van der Waals surface area contributed by atoms with Crippen molar-refractivity contribution in [3.8, 4) is 17.3 Å². The zero-order valence-electron chi connectivity index (χ0n) is 19.8. The van der Waals surface area contributed by atoms with E-state index in [1.807, 2.05) is 36.4 Å². The van der Waals surface area contributed by atoms with Gasteiger partial charge in [0, 0.05) is 41.2 Å². The van der Waals surface area contributed by atoms with Gasteiger partial charge in [-0.15, -0.1) is 0 Å². The smallest absolute Gasteiger partial charge is 0.319 e. The van der Waals surface area contributed by atoms with Gasteiger partial charge in [-0.05, 0) is 42.6 Å². The highest BCUT2D eigenvalue weighted by Gasteiger charge is 2.35. The number of fused-ring (bicyclic) bond motifs is 4. The van der Waals surface area contributed by atoms with Gasteiger partial charge in [-0.25, -0.2) is 4.39 Å². The highest BCUT2D eigenvalue weighted by atomic mass is 35.5. The first-order valence-electron chi connectivity index (χ1n) is 12.6. The molecule has 4 aromatic rings. The zero-order chi connectivity index (χ0) is 24.2. The van der Waals surface area contributed by atoms with Gasteiger partial charge >= 0.3 is 6.01 Å². The minimum absolute atomic E-state index is 0.203. The first-order chi connectivity index (χ1) is 17.6. The molecule has 1 aliphatic carbocycles. The van der Waals surface area contributed by atoms with Crippen LogP contribution in [0.4, 0.5) is 10.2 Å². The fourth-order valence-electron chi connectivity index (χ4n) is 5.96. The van der Waals surface area contributed by atoms with Gasteiger partial charge in [0.2, 0.25) is 0 Å². The molecule has 0 N–H and O–H groups in total. The van der Waals surface area contributed by atoms with Gasteiger partial charge in [0.1, 0.15) is 17.0 Å². The molecule has 3 fully saturated rings. The standard InChI is InChI=1S/C28H26ClFN4O2/c29-22-6-2-4-19-3-1-5-20(23(19)22)25-24(30)26-21(10-31-25)27(34-11-16-7-8-17(9-16)12-34)33-28(32-26)36-15-18-13-35-14-18/h1-6,10,16-18H,7-9,11-15H2.